The lowest BCUT2D eigenvalue weighted by Gasteiger charge is -2.22. The predicted octanol–water partition coefficient (Wildman–Crippen LogP) is 4.62. The van der Waals surface area contributed by atoms with Crippen molar-refractivity contribution in [2.24, 2.45) is 0 Å². The number of amides is 3. The molecule has 1 aliphatic heterocycles. The highest BCUT2D eigenvalue weighted by Crippen LogP contribution is 2.32. The van der Waals surface area contributed by atoms with Crippen LogP contribution in [-0.4, -0.2) is 21.8 Å². The van der Waals surface area contributed by atoms with Gasteiger partial charge >= 0.3 is 6.03 Å². The van der Waals surface area contributed by atoms with Crippen molar-refractivity contribution in [2.75, 3.05) is 0 Å². The monoisotopic (exact) mass is 443 g/mol. The number of rotatable bonds is 3. The van der Waals surface area contributed by atoms with Gasteiger partial charge in [0.15, 0.2) is 0 Å². The molecule has 136 valence electrons. The zero-order chi connectivity index (χ0) is 19.2. The van der Waals surface area contributed by atoms with Crippen molar-refractivity contribution in [1.82, 2.24) is 15.2 Å². The van der Waals surface area contributed by atoms with Crippen LogP contribution in [0.3, 0.4) is 0 Å². The van der Waals surface area contributed by atoms with Gasteiger partial charge in [0.2, 0.25) is 0 Å². The highest BCUT2D eigenvalue weighted by molar-refractivity contribution is 9.10. The molecule has 3 aromatic rings. The van der Waals surface area contributed by atoms with Crippen LogP contribution in [-0.2, 0) is 16.9 Å². The second-order valence-corrected chi connectivity index (χ2v) is 7.89. The van der Waals surface area contributed by atoms with Gasteiger partial charge in [-0.2, -0.15) is 0 Å². The molecule has 7 heteroatoms. The topological polar surface area (TPSA) is 62.3 Å². The maximum Gasteiger partial charge on any atom is 0.325 e. The maximum absolute atomic E-state index is 13.1. The Bertz CT molecular complexity index is 1090. The molecule has 0 spiro atoms. The molecule has 3 amide bonds. The summed E-state index contributed by atoms with van der Waals surface area (Å²) in [5.41, 5.74) is 1.05. The minimum atomic E-state index is -1.11. The van der Waals surface area contributed by atoms with Crippen LogP contribution in [0.4, 0.5) is 4.79 Å². The first-order chi connectivity index (χ1) is 12.9. The summed E-state index contributed by atoms with van der Waals surface area (Å²) in [6.07, 6.45) is 1.67. The van der Waals surface area contributed by atoms with Crippen molar-refractivity contribution in [3.8, 4) is 0 Å². The molecular weight excluding hydrogens is 430 g/mol. The Morgan fingerprint density at radius 3 is 2.78 bits per heavy atom. The zero-order valence-electron chi connectivity index (χ0n) is 14.4. The predicted molar refractivity (Wildman–Crippen MR) is 107 cm³/mol. The number of pyridine rings is 1. The van der Waals surface area contributed by atoms with Gasteiger partial charge in [-0.3, -0.25) is 14.7 Å². The van der Waals surface area contributed by atoms with E-state index in [0.29, 0.717) is 10.5 Å². The van der Waals surface area contributed by atoms with Gasteiger partial charge in [0.25, 0.3) is 5.91 Å². The quantitative estimate of drug-likeness (QED) is 0.600. The third-order valence-corrected chi connectivity index (χ3v) is 5.63. The fourth-order valence-electron chi connectivity index (χ4n) is 3.33. The molecule has 0 radical (unpaired) electrons. The molecule has 0 aliphatic carbocycles. The lowest BCUT2D eigenvalue weighted by atomic mass is 9.92. The van der Waals surface area contributed by atoms with Gasteiger partial charge < -0.3 is 5.32 Å². The molecule has 1 atom stereocenters. The summed E-state index contributed by atoms with van der Waals surface area (Å²) in [7, 11) is 0. The van der Waals surface area contributed by atoms with E-state index in [4.69, 9.17) is 11.6 Å². The van der Waals surface area contributed by atoms with Gasteiger partial charge in [-0.1, -0.05) is 45.7 Å². The summed E-state index contributed by atoms with van der Waals surface area (Å²) < 4.78 is 0.842. The summed E-state index contributed by atoms with van der Waals surface area (Å²) in [4.78, 5) is 31.3. The van der Waals surface area contributed by atoms with E-state index in [0.717, 1.165) is 21.0 Å². The summed E-state index contributed by atoms with van der Waals surface area (Å²) in [6, 6.07) is 14.2. The second-order valence-electron chi connectivity index (χ2n) is 6.56. The molecule has 1 fully saturated rings. The number of halogens is 2. The smallest absolute Gasteiger partial charge is 0.319 e. The molecule has 1 saturated heterocycles. The first-order valence-electron chi connectivity index (χ1n) is 8.32. The Morgan fingerprint density at radius 1 is 1.19 bits per heavy atom. The van der Waals surface area contributed by atoms with Gasteiger partial charge in [-0.05, 0) is 48.4 Å². The van der Waals surface area contributed by atoms with Gasteiger partial charge in [0.1, 0.15) is 5.54 Å². The van der Waals surface area contributed by atoms with Crippen LogP contribution in [0.5, 0.6) is 0 Å². The molecule has 27 heavy (non-hydrogen) atoms. The third-order valence-electron chi connectivity index (χ3n) is 4.81. The number of carbonyl (C=O) groups excluding carboxylic acids is 2. The number of urea groups is 1. The van der Waals surface area contributed by atoms with E-state index in [1.165, 1.54) is 4.90 Å². The molecule has 2 heterocycles. The van der Waals surface area contributed by atoms with Crippen molar-refractivity contribution < 1.29 is 9.59 Å². The van der Waals surface area contributed by atoms with Gasteiger partial charge in [0, 0.05) is 21.1 Å². The highest BCUT2D eigenvalue weighted by Gasteiger charge is 2.49. The number of aromatic nitrogens is 1. The molecule has 0 saturated carbocycles. The van der Waals surface area contributed by atoms with E-state index >= 15 is 0 Å². The van der Waals surface area contributed by atoms with Crippen molar-refractivity contribution >= 4 is 50.4 Å². The summed E-state index contributed by atoms with van der Waals surface area (Å²) in [6.45, 7) is 1.84. The molecule has 1 aromatic heterocycles. The average molecular weight is 445 g/mol. The van der Waals surface area contributed by atoms with Crippen LogP contribution in [0.2, 0.25) is 5.02 Å². The lowest BCUT2D eigenvalue weighted by Crippen LogP contribution is -2.40. The number of hydrogen-bond donors (Lipinski definition) is 1. The largest absolute Gasteiger partial charge is 0.325 e. The van der Waals surface area contributed by atoms with E-state index in [1.54, 1.807) is 31.3 Å². The van der Waals surface area contributed by atoms with Gasteiger partial charge in [0.05, 0.1) is 12.1 Å². The maximum atomic E-state index is 13.1. The molecular formula is C20H15BrClN3O2. The first-order valence-corrected chi connectivity index (χ1v) is 9.49. The Kier molecular flexibility index (Phi) is 4.40. The van der Waals surface area contributed by atoms with Gasteiger partial charge in [-0.15, -0.1) is 0 Å². The minimum absolute atomic E-state index is 0.124. The average Bonchev–Trinajstić information content (AvgIpc) is 2.88. The number of hydrogen-bond acceptors (Lipinski definition) is 3. The molecule has 0 bridgehead atoms. The van der Waals surface area contributed by atoms with Crippen molar-refractivity contribution in [1.29, 1.82) is 0 Å². The number of carbonyl (C=O) groups is 2. The van der Waals surface area contributed by atoms with E-state index in [2.05, 4.69) is 26.2 Å². The third kappa shape index (κ3) is 2.99. The molecule has 4 rings (SSSR count). The number of imide groups is 1. The van der Waals surface area contributed by atoms with Crippen molar-refractivity contribution in [3.63, 3.8) is 0 Å². The Morgan fingerprint density at radius 2 is 2.00 bits per heavy atom. The fourth-order valence-corrected chi connectivity index (χ4v) is 3.94. The van der Waals surface area contributed by atoms with E-state index < -0.39 is 11.6 Å². The van der Waals surface area contributed by atoms with E-state index in [9.17, 15) is 9.59 Å². The summed E-state index contributed by atoms with van der Waals surface area (Å²) in [5.74, 6) is -0.301. The fraction of sp³-hybridized carbons (Fsp3) is 0.150. The molecule has 1 N–H and O–H groups in total. The van der Waals surface area contributed by atoms with Crippen LogP contribution in [0.15, 0.2) is 59.2 Å². The number of nitrogens with one attached hydrogen (secondary N) is 1. The Balaban J connectivity index is 1.71. The van der Waals surface area contributed by atoms with Crippen molar-refractivity contribution in [3.05, 3.63) is 75.4 Å². The van der Waals surface area contributed by atoms with Crippen LogP contribution >= 0.6 is 27.5 Å². The summed E-state index contributed by atoms with van der Waals surface area (Å²) in [5, 5.41) is 4.20. The lowest BCUT2D eigenvalue weighted by molar-refractivity contribution is -0.131. The molecule has 1 unspecified atom stereocenters. The van der Waals surface area contributed by atoms with Gasteiger partial charge in [-0.25, -0.2) is 4.79 Å². The van der Waals surface area contributed by atoms with Crippen LogP contribution in [0.25, 0.3) is 10.9 Å². The number of nitrogens with zero attached hydrogens (tertiary/aromatic N) is 2. The molecule has 1 aliphatic rings. The zero-order valence-corrected chi connectivity index (χ0v) is 16.7. The van der Waals surface area contributed by atoms with Crippen LogP contribution in [0.1, 0.15) is 18.1 Å². The minimum Gasteiger partial charge on any atom is -0.319 e. The van der Waals surface area contributed by atoms with Crippen molar-refractivity contribution in [2.45, 2.75) is 19.0 Å². The van der Waals surface area contributed by atoms with E-state index in [-0.39, 0.29) is 12.5 Å². The normalized spacial score (nSPS) is 19.6. The Hall–Kier alpha value is -2.44. The standard InChI is InChI=1S/C20H15BrClN3O2/c1-20(13-4-2-5-14(21)10-13)18(26)25(19(27)24-20)11-12-7-8-16(22)15-6-3-9-23-17(12)15/h2-10H,11H2,1H3,(H,24,27). The highest BCUT2D eigenvalue weighted by atomic mass is 79.9. The number of fused-ring (bicyclic) bond motifs is 1. The Labute approximate surface area is 169 Å². The SMILES string of the molecule is CC1(c2cccc(Br)c2)NC(=O)N(Cc2ccc(Cl)c3cccnc23)C1=O. The molecule has 2 aromatic carbocycles. The summed E-state index contributed by atoms with van der Waals surface area (Å²) >= 11 is 9.65. The van der Waals surface area contributed by atoms with E-state index in [1.807, 2.05) is 30.3 Å². The first kappa shape index (κ1) is 17.9. The number of benzene rings is 2. The molecule has 5 nitrogen and oxygen atoms in total. The second kappa shape index (κ2) is 6.62. The van der Waals surface area contributed by atoms with Crippen LogP contribution < -0.4 is 5.32 Å². The van der Waals surface area contributed by atoms with Crippen LogP contribution in [0, 0.1) is 0 Å².